The molecule has 114 valence electrons. The number of hydrogen-bond donors (Lipinski definition) is 1. The maximum atomic E-state index is 12.4. The molecule has 0 aliphatic rings. The van der Waals surface area contributed by atoms with Gasteiger partial charge in [0.25, 0.3) is 5.56 Å². The first-order valence-electron chi connectivity index (χ1n) is 6.55. The molecular weight excluding hydrogens is 302 g/mol. The highest BCUT2D eigenvalue weighted by molar-refractivity contribution is 7.17. The van der Waals surface area contributed by atoms with E-state index in [1.807, 2.05) is 17.5 Å². The zero-order valence-electron chi connectivity index (χ0n) is 12.4. The molecule has 0 unspecified atom stereocenters. The van der Waals surface area contributed by atoms with Gasteiger partial charge in [0.2, 0.25) is 0 Å². The fourth-order valence-corrected chi connectivity index (χ4v) is 3.30. The number of fused-ring (bicyclic) bond motifs is 1. The Balaban J connectivity index is 2.27. The largest absolute Gasteiger partial charge is 0.493 e. The molecule has 0 spiro atoms. The lowest BCUT2D eigenvalue weighted by atomic mass is 10.1. The summed E-state index contributed by atoms with van der Waals surface area (Å²) < 4.78 is 11.6. The number of benzene rings is 1. The molecule has 0 atom stereocenters. The Morgan fingerprint density at radius 3 is 2.64 bits per heavy atom. The Morgan fingerprint density at radius 1 is 1.23 bits per heavy atom. The molecule has 0 bridgehead atoms. The molecule has 0 aliphatic carbocycles. The molecule has 0 aliphatic heterocycles. The first kappa shape index (κ1) is 14.4. The van der Waals surface area contributed by atoms with Crippen molar-refractivity contribution in [3.63, 3.8) is 0 Å². The highest BCUT2D eigenvalue weighted by Crippen LogP contribution is 2.36. The Kier molecular flexibility index (Phi) is 3.50. The second-order valence-corrected chi connectivity index (χ2v) is 5.59. The van der Waals surface area contributed by atoms with Gasteiger partial charge in [-0.05, 0) is 24.6 Å². The summed E-state index contributed by atoms with van der Waals surface area (Å²) in [7, 11) is 3.16. The van der Waals surface area contributed by atoms with E-state index < -0.39 is 0 Å². The lowest BCUT2D eigenvalue weighted by Crippen LogP contribution is -2.30. The van der Waals surface area contributed by atoms with E-state index in [2.05, 4.69) is 4.98 Å². The lowest BCUT2D eigenvalue weighted by molar-refractivity contribution is 0.355. The molecule has 22 heavy (non-hydrogen) atoms. The predicted octanol–water partition coefficient (Wildman–Crippen LogP) is 2.16. The third-order valence-corrected chi connectivity index (χ3v) is 4.38. The summed E-state index contributed by atoms with van der Waals surface area (Å²) in [5, 5.41) is 2.42. The second-order valence-electron chi connectivity index (χ2n) is 4.73. The first-order chi connectivity index (χ1) is 10.6. The van der Waals surface area contributed by atoms with E-state index in [1.165, 1.54) is 11.3 Å². The van der Waals surface area contributed by atoms with E-state index in [0.29, 0.717) is 27.5 Å². The molecule has 0 saturated heterocycles. The van der Waals surface area contributed by atoms with Crippen LogP contribution >= 0.6 is 11.3 Å². The molecule has 7 heteroatoms. The number of rotatable bonds is 3. The molecular formula is C15H15N3O3S. The summed E-state index contributed by atoms with van der Waals surface area (Å²) in [6.07, 6.45) is 0. The van der Waals surface area contributed by atoms with Crippen LogP contribution < -0.4 is 20.9 Å². The number of nitrogens with zero attached hydrogens (tertiary/aromatic N) is 2. The van der Waals surface area contributed by atoms with Crippen molar-refractivity contribution in [1.29, 1.82) is 0 Å². The van der Waals surface area contributed by atoms with Crippen molar-refractivity contribution in [2.75, 3.05) is 20.1 Å². The van der Waals surface area contributed by atoms with Crippen molar-refractivity contribution in [3.05, 3.63) is 39.8 Å². The van der Waals surface area contributed by atoms with Crippen LogP contribution in [0.25, 0.3) is 21.3 Å². The van der Waals surface area contributed by atoms with Crippen molar-refractivity contribution >= 4 is 21.6 Å². The van der Waals surface area contributed by atoms with Crippen molar-refractivity contribution in [3.8, 4) is 22.6 Å². The molecule has 2 aromatic heterocycles. The number of methoxy groups -OCH3 is 2. The Bertz CT molecular complexity index is 914. The van der Waals surface area contributed by atoms with Crippen LogP contribution in [0.1, 0.15) is 5.82 Å². The maximum Gasteiger partial charge on any atom is 0.281 e. The van der Waals surface area contributed by atoms with Crippen molar-refractivity contribution in [2.24, 2.45) is 0 Å². The highest BCUT2D eigenvalue weighted by Gasteiger charge is 2.15. The van der Waals surface area contributed by atoms with E-state index in [9.17, 15) is 4.79 Å². The van der Waals surface area contributed by atoms with Crippen LogP contribution in [0.2, 0.25) is 0 Å². The minimum Gasteiger partial charge on any atom is -0.493 e. The number of hydrogen-bond acceptors (Lipinski definition) is 6. The van der Waals surface area contributed by atoms with Gasteiger partial charge >= 0.3 is 0 Å². The summed E-state index contributed by atoms with van der Waals surface area (Å²) >= 11 is 1.42. The standard InChI is InChI=1S/C15H15N3O3S/c1-8-17-14-13(15(19)18(8)16)10(7-22-14)9-4-5-11(20-2)12(6-9)21-3/h4-7H,16H2,1-3H3. The van der Waals surface area contributed by atoms with Crippen molar-refractivity contribution in [1.82, 2.24) is 9.66 Å². The van der Waals surface area contributed by atoms with E-state index >= 15 is 0 Å². The van der Waals surface area contributed by atoms with Crippen LogP contribution in [-0.2, 0) is 0 Å². The average molecular weight is 317 g/mol. The molecule has 3 aromatic rings. The fourth-order valence-electron chi connectivity index (χ4n) is 2.32. The van der Waals surface area contributed by atoms with Crippen molar-refractivity contribution < 1.29 is 9.47 Å². The third-order valence-electron chi connectivity index (χ3n) is 3.51. The molecule has 2 heterocycles. The molecule has 0 saturated carbocycles. The summed E-state index contributed by atoms with van der Waals surface area (Å²) in [6.45, 7) is 1.71. The molecule has 0 fully saturated rings. The SMILES string of the molecule is COc1ccc(-c2csc3nc(C)n(N)c(=O)c23)cc1OC. The molecule has 2 N–H and O–H groups in total. The average Bonchev–Trinajstić information content (AvgIpc) is 2.95. The molecule has 3 rings (SSSR count). The molecule has 0 amide bonds. The van der Waals surface area contributed by atoms with Gasteiger partial charge in [-0.2, -0.15) is 0 Å². The monoisotopic (exact) mass is 317 g/mol. The quantitative estimate of drug-likeness (QED) is 0.749. The Labute approximate surface area is 130 Å². The van der Waals surface area contributed by atoms with Gasteiger partial charge in [-0.25, -0.2) is 9.66 Å². The number of nitrogens with two attached hydrogens (primary N) is 1. The van der Waals surface area contributed by atoms with Gasteiger partial charge in [-0.1, -0.05) is 6.07 Å². The van der Waals surface area contributed by atoms with Crippen LogP contribution in [0, 0.1) is 6.92 Å². The summed E-state index contributed by atoms with van der Waals surface area (Å²) in [6, 6.07) is 5.52. The van der Waals surface area contributed by atoms with Gasteiger partial charge in [-0.15, -0.1) is 11.3 Å². The fraction of sp³-hybridized carbons (Fsp3) is 0.200. The van der Waals surface area contributed by atoms with E-state index in [0.717, 1.165) is 15.8 Å². The predicted molar refractivity (Wildman–Crippen MR) is 87.3 cm³/mol. The van der Waals surface area contributed by atoms with Crippen LogP contribution in [0.15, 0.2) is 28.4 Å². The van der Waals surface area contributed by atoms with Gasteiger partial charge in [0.15, 0.2) is 11.5 Å². The van der Waals surface area contributed by atoms with Crippen LogP contribution in [0.3, 0.4) is 0 Å². The van der Waals surface area contributed by atoms with Crippen LogP contribution in [0.4, 0.5) is 0 Å². The number of ether oxygens (including phenoxy) is 2. The van der Waals surface area contributed by atoms with E-state index in [4.69, 9.17) is 15.3 Å². The number of nitrogen functional groups attached to an aromatic ring is 1. The molecule has 6 nitrogen and oxygen atoms in total. The van der Waals surface area contributed by atoms with Crippen molar-refractivity contribution in [2.45, 2.75) is 6.92 Å². The molecule has 1 aromatic carbocycles. The number of aryl methyl sites for hydroxylation is 1. The van der Waals surface area contributed by atoms with Crippen LogP contribution in [-0.4, -0.2) is 23.9 Å². The van der Waals surface area contributed by atoms with Gasteiger partial charge in [0, 0.05) is 10.9 Å². The summed E-state index contributed by atoms with van der Waals surface area (Å²) in [5.74, 6) is 7.48. The highest BCUT2D eigenvalue weighted by atomic mass is 32.1. The topological polar surface area (TPSA) is 79.4 Å². The zero-order chi connectivity index (χ0) is 15.9. The Hall–Kier alpha value is -2.54. The van der Waals surface area contributed by atoms with E-state index in [1.54, 1.807) is 27.2 Å². The van der Waals surface area contributed by atoms with Gasteiger partial charge in [-0.3, -0.25) is 4.79 Å². The maximum absolute atomic E-state index is 12.4. The van der Waals surface area contributed by atoms with Gasteiger partial charge in [0.05, 0.1) is 19.6 Å². The Morgan fingerprint density at radius 2 is 1.95 bits per heavy atom. The van der Waals surface area contributed by atoms with Gasteiger partial charge in [0.1, 0.15) is 10.7 Å². The van der Waals surface area contributed by atoms with E-state index in [-0.39, 0.29) is 5.56 Å². The number of thiophene rings is 1. The first-order valence-corrected chi connectivity index (χ1v) is 7.43. The summed E-state index contributed by atoms with van der Waals surface area (Å²) in [5.41, 5.74) is 1.39. The zero-order valence-corrected chi connectivity index (χ0v) is 13.2. The minimum absolute atomic E-state index is 0.256. The lowest BCUT2D eigenvalue weighted by Gasteiger charge is -2.09. The molecule has 0 radical (unpaired) electrons. The number of aromatic nitrogens is 2. The normalized spacial score (nSPS) is 10.9. The summed E-state index contributed by atoms with van der Waals surface area (Å²) in [4.78, 5) is 17.5. The smallest absolute Gasteiger partial charge is 0.281 e. The minimum atomic E-state index is -0.256. The second kappa shape index (κ2) is 5.34. The van der Waals surface area contributed by atoms with Gasteiger partial charge < -0.3 is 15.3 Å². The third kappa shape index (κ3) is 2.10. The van der Waals surface area contributed by atoms with Crippen LogP contribution in [0.5, 0.6) is 11.5 Å².